The van der Waals surface area contributed by atoms with Crippen molar-refractivity contribution in [3.05, 3.63) is 94.5 Å². The summed E-state index contributed by atoms with van der Waals surface area (Å²) < 4.78 is 5.77. The molecule has 0 fully saturated rings. The number of nitrogens with zero attached hydrogens (tertiary/aromatic N) is 1. The molecule has 31 heavy (non-hydrogen) atoms. The number of aryl methyl sites for hydroxylation is 3. The lowest BCUT2D eigenvalue weighted by molar-refractivity contribution is -0.136. The molecular weight excluding hydrogens is 390 g/mol. The maximum Gasteiger partial charge on any atom is 0.329 e. The van der Waals surface area contributed by atoms with Crippen LogP contribution in [-0.4, -0.2) is 18.0 Å². The Morgan fingerprint density at radius 1 is 0.871 bits per heavy atom. The van der Waals surface area contributed by atoms with Gasteiger partial charge in [-0.15, -0.1) is 0 Å². The molecule has 6 nitrogen and oxygen atoms in total. The SMILES string of the molecule is Cc1ccc(COc2ccc(/C=N\NC(=O)C(=O)Nc3c(C)cccc3C)cc2)cc1. The van der Waals surface area contributed by atoms with Crippen molar-refractivity contribution in [2.45, 2.75) is 27.4 Å². The molecule has 0 radical (unpaired) electrons. The lowest BCUT2D eigenvalue weighted by Gasteiger charge is -2.10. The van der Waals surface area contributed by atoms with Gasteiger partial charge >= 0.3 is 11.8 Å². The Morgan fingerprint density at radius 3 is 2.16 bits per heavy atom. The van der Waals surface area contributed by atoms with Crippen LogP contribution >= 0.6 is 0 Å². The fourth-order valence-corrected chi connectivity index (χ4v) is 2.90. The molecule has 158 valence electrons. The molecule has 0 saturated carbocycles. The number of anilines is 1. The average molecular weight is 415 g/mol. The molecule has 3 aromatic carbocycles. The van der Waals surface area contributed by atoms with Gasteiger partial charge in [-0.1, -0.05) is 48.0 Å². The monoisotopic (exact) mass is 415 g/mol. The lowest BCUT2D eigenvalue weighted by Crippen LogP contribution is -2.32. The van der Waals surface area contributed by atoms with Crippen molar-refractivity contribution in [2.24, 2.45) is 5.10 Å². The molecule has 2 amide bonds. The number of amides is 2. The predicted octanol–water partition coefficient (Wildman–Crippen LogP) is 4.28. The van der Waals surface area contributed by atoms with E-state index in [1.807, 2.05) is 75.4 Å². The fourth-order valence-electron chi connectivity index (χ4n) is 2.90. The van der Waals surface area contributed by atoms with Crippen molar-refractivity contribution in [3.8, 4) is 5.75 Å². The minimum Gasteiger partial charge on any atom is -0.489 e. The van der Waals surface area contributed by atoms with Crippen molar-refractivity contribution in [3.63, 3.8) is 0 Å². The minimum atomic E-state index is -0.836. The van der Waals surface area contributed by atoms with E-state index in [0.717, 1.165) is 28.0 Å². The first-order chi connectivity index (χ1) is 14.9. The van der Waals surface area contributed by atoms with Gasteiger partial charge < -0.3 is 10.1 Å². The summed E-state index contributed by atoms with van der Waals surface area (Å²) in [5, 5.41) is 6.48. The van der Waals surface area contributed by atoms with Crippen LogP contribution in [0.4, 0.5) is 5.69 Å². The summed E-state index contributed by atoms with van der Waals surface area (Å²) in [5.74, 6) is -0.874. The van der Waals surface area contributed by atoms with E-state index in [-0.39, 0.29) is 0 Å². The number of carbonyl (C=O) groups is 2. The van der Waals surface area contributed by atoms with Gasteiger partial charge in [-0.05, 0) is 67.3 Å². The Labute approximate surface area is 182 Å². The van der Waals surface area contributed by atoms with Gasteiger partial charge in [0, 0.05) is 5.69 Å². The number of hydrazone groups is 1. The van der Waals surface area contributed by atoms with Crippen LogP contribution in [0.5, 0.6) is 5.75 Å². The van der Waals surface area contributed by atoms with E-state index in [1.165, 1.54) is 11.8 Å². The second kappa shape index (κ2) is 10.2. The van der Waals surface area contributed by atoms with E-state index in [1.54, 1.807) is 0 Å². The van der Waals surface area contributed by atoms with Crippen LogP contribution in [0.15, 0.2) is 71.8 Å². The number of ether oxygens (including phenoxy) is 1. The largest absolute Gasteiger partial charge is 0.489 e. The zero-order valence-corrected chi connectivity index (χ0v) is 17.8. The highest BCUT2D eigenvalue weighted by atomic mass is 16.5. The van der Waals surface area contributed by atoms with Gasteiger partial charge in [0.15, 0.2) is 0 Å². The third-order valence-corrected chi connectivity index (χ3v) is 4.71. The standard InChI is InChI=1S/C25H25N3O3/c1-17-7-9-21(10-8-17)16-31-22-13-11-20(12-14-22)15-26-28-25(30)24(29)27-23-18(2)5-4-6-19(23)3/h4-15H,16H2,1-3H3,(H,27,29)(H,28,30)/b26-15-. The molecule has 2 N–H and O–H groups in total. The minimum absolute atomic E-state index is 0.485. The van der Waals surface area contributed by atoms with Crippen LogP contribution in [0.3, 0.4) is 0 Å². The molecule has 0 spiro atoms. The summed E-state index contributed by atoms with van der Waals surface area (Å²) in [5.41, 5.74) is 7.71. The van der Waals surface area contributed by atoms with Gasteiger partial charge in [-0.2, -0.15) is 5.10 Å². The van der Waals surface area contributed by atoms with Crippen LogP contribution < -0.4 is 15.5 Å². The van der Waals surface area contributed by atoms with E-state index >= 15 is 0 Å². The van der Waals surface area contributed by atoms with E-state index in [2.05, 4.69) is 28.0 Å². The van der Waals surface area contributed by atoms with E-state index < -0.39 is 11.8 Å². The second-order valence-electron chi connectivity index (χ2n) is 7.26. The number of para-hydroxylation sites is 1. The van der Waals surface area contributed by atoms with Crippen molar-refractivity contribution in [1.82, 2.24) is 5.43 Å². The average Bonchev–Trinajstić information content (AvgIpc) is 2.76. The number of hydrogen-bond donors (Lipinski definition) is 2. The van der Waals surface area contributed by atoms with E-state index in [4.69, 9.17) is 4.74 Å². The van der Waals surface area contributed by atoms with Crippen LogP contribution in [0.1, 0.15) is 27.8 Å². The van der Waals surface area contributed by atoms with E-state index in [9.17, 15) is 9.59 Å². The van der Waals surface area contributed by atoms with Gasteiger partial charge in [-0.25, -0.2) is 5.43 Å². The Balaban J connectivity index is 1.49. The number of carbonyl (C=O) groups excluding carboxylic acids is 2. The summed E-state index contributed by atoms with van der Waals surface area (Å²) in [6, 6.07) is 21.1. The highest BCUT2D eigenvalue weighted by Gasteiger charge is 2.15. The number of rotatable bonds is 6. The van der Waals surface area contributed by atoms with Crippen LogP contribution in [0, 0.1) is 20.8 Å². The molecule has 0 aromatic heterocycles. The zero-order valence-electron chi connectivity index (χ0n) is 17.8. The second-order valence-corrected chi connectivity index (χ2v) is 7.26. The third kappa shape index (κ3) is 6.27. The van der Waals surface area contributed by atoms with Crippen LogP contribution in [0.25, 0.3) is 0 Å². The molecule has 3 rings (SSSR count). The van der Waals surface area contributed by atoms with Gasteiger partial charge in [0.2, 0.25) is 0 Å². The number of nitrogens with one attached hydrogen (secondary N) is 2. The van der Waals surface area contributed by atoms with Crippen LogP contribution in [0.2, 0.25) is 0 Å². The molecule has 0 unspecified atom stereocenters. The van der Waals surface area contributed by atoms with Crippen molar-refractivity contribution >= 4 is 23.7 Å². The Morgan fingerprint density at radius 2 is 1.52 bits per heavy atom. The van der Waals surface area contributed by atoms with Gasteiger partial charge in [0.1, 0.15) is 12.4 Å². The highest BCUT2D eigenvalue weighted by Crippen LogP contribution is 2.19. The first-order valence-electron chi connectivity index (χ1n) is 9.91. The first kappa shape index (κ1) is 21.8. The van der Waals surface area contributed by atoms with Crippen molar-refractivity contribution < 1.29 is 14.3 Å². The van der Waals surface area contributed by atoms with Gasteiger partial charge in [-0.3, -0.25) is 9.59 Å². The Bertz CT molecular complexity index is 1070. The zero-order chi connectivity index (χ0) is 22.2. The van der Waals surface area contributed by atoms with Gasteiger partial charge in [0.25, 0.3) is 0 Å². The molecule has 0 aliphatic carbocycles. The van der Waals surface area contributed by atoms with E-state index in [0.29, 0.717) is 12.3 Å². The smallest absolute Gasteiger partial charge is 0.329 e. The molecule has 0 aliphatic heterocycles. The summed E-state index contributed by atoms with van der Waals surface area (Å²) in [4.78, 5) is 24.1. The molecule has 0 heterocycles. The molecule has 6 heteroatoms. The third-order valence-electron chi connectivity index (χ3n) is 4.71. The molecule has 0 aliphatic rings. The summed E-state index contributed by atoms with van der Waals surface area (Å²) in [7, 11) is 0. The number of benzene rings is 3. The molecule has 3 aromatic rings. The lowest BCUT2D eigenvalue weighted by atomic mass is 10.1. The topological polar surface area (TPSA) is 79.8 Å². The molecular formula is C25H25N3O3. The maximum absolute atomic E-state index is 12.1. The quantitative estimate of drug-likeness (QED) is 0.358. The normalized spacial score (nSPS) is 10.7. The molecule has 0 bridgehead atoms. The van der Waals surface area contributed by atoms with Gasteiger partial charge in [0.05, 0.1) is 6.21 Å². The summed E-state index contributed by atoms with van der Waals surface area (Å²) in [6.45, 7) is 6.27. The van der Waals surface area contributed by atoms with Crippen molar-refractivity contribution in [2.75, 3.05) is 5.32 Å². The molecule has 0 saturated heterocycles. The summed E-state index contributed by atoms with van der Waals surface area (Å²) >= 11 is 0. The first-order valence-corrected chi connectivity index (χ1v) is 9.91. The Hall–Kier alpha value is -3.93. The maximum atomic E-state index is 12.1. The summed E-state index contributed by atoms with van der Waals surface area (Å²) in [6.07, 6.45) is 1.47. The van der Waals surface area contributed by atoms with Crippen LogP contribution in [-0.2, 0) is 16.2 Å². The predicted molar refractivity (Wildman–Crippen MR) is 122 cm³/mol. The van der Waals surface area contributed by atoms with Crippen molar-refractivity contribution in [1.29, 1.82) is 0 Å². The Kier molecular flexibility index (Phi) is 7.17. The number of hydrogen-bond acceptors (Lipinski definition) is 4. The highest BCUT2D eigenvalue weighted by molar-refractivity contribution is 6.39. The molecule has 0 atom stereocenters. The fraction of sp³-hybridized carbons (Fsp3) is 0.160.